The van der Waals surface area contributed by atoms with E-state index in [1.807, 2.05) is 36.7 Å². The van der Waals surface area contributed by atoms with Gasteiger partial charge in [-0.15, -0.1) is 0 Å². The highest BCUT2D eigenvalue weighted by atomic mass is 16.5. The molecule has 2 aromatic heterocycles. The molecule has 0 saturated carbocycles. The first-order valence-electron chi connectivity index (χ1n) is 7.06. The molecule has 0 radical (unpaired) electrons. The van der Waals surface area contributed by atoms with Crippen LogP contribution in [0, 0.1) is 0 Å². The lowest BCUT2D eigenvalue weighted by Gasteiger charge is -2.08. The van der Waals surface area contributed by atoms with Crippen LogP contribution < -0.4 is 10.1 Å². The molecule has 0 atom stereocenters. The van der Waals surface area contributed by atoms with Crippen LogP contribution in [0.4, 0.5) is 0 Å². The molecule has 4 heteroatoms. The van der Waals surface area contributed by atoms with Gasteiger partial charge in [-0.1, -0.05) is 6.92 Å². The summed E-state index contributed by atoms with van der Waals surface area (Å²) in [4.78, 5) is 8.31. The Labute approximate surface area is 120 Å². The highest BCUT2D eigenvalue weighted by Gasteiger charge is 1.98. The van der Waals surface area contributed by atoms with Gasteiger partial charge in [0, 0.05) is 31.2 Å². The molecule has 0 fully saturated rings. The number of hydrogen-bond donors (Lipinski definition) is 1. The van der Waals surface area contributed by atoms with Crippen LogP contribution in [-0.4, -0.2) is 23.1 Å². The molecule has 20 heavy (non-hydrogen) atoms. The third kappa shape index (κ3) is 4.97. The summed E-state index contributed by atoms with van der Waals surface area (Å²) in [6, 6.07) is 7.99. The quantitative estimate of drug-likeness (QED) is 0.750. The molecule has 0 spiro atoms. The molecule has 0 aromatic carbocycles. The second-order valence-corrected chi connectivity index (χ2v) is 4.57. The molecule has 106 valence electrons. The van der Waals surface area contributed by atoms with Crippen molar-refractivity contribution in [3.8, 4) is 5.75 Å². The second-order valence-electron chi connectivity index (χ2n) is 4.57. The van der Waals surface area contributed by atoms with E-state index in [4.69, 9.17) is 4.74 Å². The van der Waals surface area contributed by atoms with E-state index in [0.717, 1.165) is 37.4 Å². The Morgan fingerprint density at radius 1 is 1.15 bits per heavy atom. The summed E-state index contributed by atoms with van der Waals surface area (Å²) in [7, 11) is 0. The lowest BCUT2D eigenvalue weighted by Crippen LogP contribution is -2.12. The highest BCUT2D eigenvalue weighted by molar-refractivity contribution is 5.22. The predicted octanol–water partition coefficient (Wildman–Crippen LogP) is 2.60. The Morgan fingerprint density at radius 2 is 2.00 bits per heavy atom. The molecule has 0 unspecified atom stereocenters. The molecule has 0 aliphatic rings. The number of rotatable bonds is 8. The van der Waals surface area contributed by atoms with Crippen LogP contribution in [0.5, 0.6) is 5.75 Å². The molecular formula is C16H21N3O. The van der Waals surface area contributed by atoms with Gasteiger partial charge in [-0.25, -0.2) is 0 Å². The van der Waals surface area contributed by atoms with Gasteiger partial charge in [0.15, 0.2) is 0 Å². The molecule has 2 aromatic rings. The fraction of sp³-hybridized carbons (Fsp3) is 0.375. The van der Waals surface area contributed by atoms with Crippen molar-refractivity contribution in [1.29, 1.82) is 0 Å². The molecule has 2 rings (SSSR count). The molecule has 0 saturated heterocycles. The van der Waals surface area contributed by atoms with Crippen LogP contribution in [0.15, 0.2) is 42.9 Å². The van der Waals surface area contributed by atoms with E-state index < -0.39 is 0 Å². The van der Waals surface area contributed by atoms with E-state index in [-0.39, 0.29) is 0 Å². The molecule has 0 aliphatic heterocycles. The monoisotopic (exact) mass is 271 g/mol. The van der Waals surface area contributed by atoms with Crippen LogP contribution in [0.2, 0.25) is 0 Å². The zero-order chi connectivity index (χ0) is 14.0. The van der Waals surface area contributed by atoms with Crippen molar-refractivity contribution >= 4 is 0 Å². The second kappa shape index (κ2) is 8.27. The first kappa shape index (κ1) is 14.5. The van der Waals surface area contributed by atoms with Crippen LogP contribution >= 0.6 is 0 Å². The molecule has 0 bridgehead atoms. The van der Waals surface area contributed by atoms with Gasteiger partial charge in [0.1, 0.15) is 5.75 Å². The van der Waals surface area contributed by atoms with E-state index in [2.05, 4.69) is 22.2 Å². The van der Waals surface area contributed by atoms with Crippen molar-refractivity contribution in [1.82, 2.24) is 15.3 Å². The number of pyridine rings is 2. The number of ether oxygens (including phenoxy) is 1. The van der Waals surface area contributed by atoms with Crippen molar-refractivity contribution < 1.29 is 4.74 Å². The minimum Gasteiger partial charge on any atom is -0.493 e. The van der Waals surface area contributed by atoms with Gasteiger partial charge in [-0.05, 0) is 43.1 Å². The number of nitrogens with one attached hydrogen (secondary N) is 1. The smallest absolute Gasteiger partial charge is 0.122 e. The fourth-order valence-corrected chi connectivity index (χ4v) is 1.91. The predicted molar refractivity (Wildman–Crippen MR) is 79.7 cm³/mol. The first-order valence-corrected chi connectivity index (χ1v) is 7.06. The first-order chi connectivity index (χ1) is 9.88. The maximum atomic E-state index is 5.76. The van der Waals surface area contributed by atoms with Crippen molar-refractivity contribution in [3.05, 3.63) is 54.1 Å². The van der Waals surface area contributed by atoms with Gasteiger partial charge in [0.25, 0.3) is 0 Å². The molecule has 0 aliphatic carbocycles. The van der Waals surface area contributed by atoms with Crippen molar-refractivity contribution in [3.63, 3.8) is 0 Å². The molecule has 1 N–H and O–H groups in total. The van der Waals surface area contributed by atoms with Crippen LogP contribution in [0.1, 0.15) is 24.6 Å². The summed E-state index contributed by atoms with van der Waals surface area (Å²) >= 11 is 0. The van der Waals surface area contributed by atoms with Crippen LogP contribution in [0.3, 0.4) is 0 Å². The fourth-order valence-electron chi connectivity index (χ4n) is 1.91. The standard InChI is InChI=1S/C16H21N3O/c1-2-17-13-15-12-16(7-10-19-15)20-11-3-4-14-5-8-18-9-6-14/h5-10,12,17H,2-4,11,13H2,1H3. The van der Waals surface area contributed by atoms with Gasteiger partial charge in [0.2, 0.25) is 0 Å². The maximum absolute atomic E-state index is 5.76. The number of hydrogen-bond acceptors (Lipinski definition) is 4. The average Bonchev–Trinajstić information content (AvgIpc) is 2.51. The topological polar surface area (TPSA) is 47.0 Å². The lowest BCUT2D eigenvalue weighted by molar-refractivity contribution is 0.310. The van der Waals surface area contributed by atoms with E-state index in [9.17, 15) is 0 Å². The van der Waals surface area contributed by atoms with Crippen molar-refractivity contribution in [2.24, 2.45) is 0 Å². The van der Waals surface area contributed by atoms with Gasteiger partial charge in [-0.3, -0.25) is 9.97 Å². The molecular weight excluding hydrogens is 250 g/mol. The minimum absolute atomic E-state index is 0.715. The van der Waals surface area contributed by atoms with Crippen molar-refractivity contribution in [2.45, 2.75) is 26.3 Å². The van der Waals surface area contributed by atoms with E-state index in [0.29, 0.717) is 6.61 Å². The maximum Gasteiger partial charge on any atom is 0.122 e. The minimum atomic E-state index is 0.715. The zero-order valence-electron chi connectivity index (χ0n) is 11.9. The third-order valence-corrected chi connectivity index (χ3v) is 2.97. The van der Waals surface area contributed by atoms with E-state index in [1.165, 1.54) is 5.56 Å². The summed E-state index contributed by atoms with van der Waals surface area (Å²) < 4.78 is 5.76. The Kier molecular flexibility index (Phi) is 5.99. The average molecular weight is 271 g/mol. The van der Waals surface area contributed by atoms with E-state index in [1.54, 1.807) is 6.20 Å². The van der Waals surface area contributed by atoms with Gasteiger partial charge < -0.3 is 10.1 Å². The Hall–Kier alpha value is -1.94. The molecule has 4 nitrogen and oxygen atoms in total. The summed E-state index contributed by atoms with van der Waals surface area (Å²) in [5.74, 6) is 0.891. The van der Waals surface area contributed by atoms with E-state index >= 15 is 0 Å². The van der Waals surface area contributed by atoms with Gasteiger partial charge >= 0.3 is 0 Å². The molecule has 2 heterocycles. The van der Waals surface area contributed by atoms with Gasteiger partial charge in [-0.2, -0.15) is 0 Å². The Morgan fingerprint density at radius 3 is 2.80 bits per heavy atom. The van der Waals surface area contributed by atoms with Gasteiger partial charge in [0.05, 0.1) is 12.3 Å². The highest BCUT2D eigenvalue weighted by Crippen LogP contribution is 2.11. The molecule has 0 amide bonds. The normalized spacial score (nSPS) is 10.4. The van der Waals surface area contributed by atoms with Crippen molar-refractivity contribution in [2.75, 3.05) is 13.2 Å². The summed E-state index contributed by atoms with van der Waals surface area (Å²) in [6.45, 7) is 4.52. The third-order valence-electron chi connectivity index (χ3n) is 2.97. The lowest BCUT2D eigenvalue weighted by atomic mass is 10.1. The largest absolute Gasteiger partial charge is 0.493 e. The number of aryl methyl sites for hydroxylation is 1. The summed E-state index contributed by atoms with van der Waals surface area (Å²) in [6.07, 6.45) is 7.45. The SMILES string of the molecule is CCNCc1cc(OCCCc2ccncc2)ccn1. The zero-order valence-corrected chi connectivity index (χ0v) is 11.9. The number of nitrogens with zero attached hydrogens (tertiary/aromatic N) is 2. The Balaban J connectivity index is 1.73. The van der Waals surface area contributed by atoms with Crippen LogP contribution in [-0.2, 0) is 13.0 Å². The Bertz CT molecular complexity index is 502. The van der Waals surface area contributed by atoms with Crippen LogP contribution in [0.25, 0.3) is 0 Å². The summed E-state index contributed by atoms with van der Waals surface area (Å²) in [5.41, 5.74) is 2.31. The number of aromatic nitrogens is 2. The summed E-state index contributed by atoms with van der Waals surface area (Å²) in [5, 5.41) is 3.26.